The van der Waals surface area contributed by atoms with Gasteiger partial charge in [0.1, 0.15) is 11.6 Å². The van der Waals surface area contributed by atoms with E-state index in [-0.39, 0.29) is 11.4 Å². The molecule has 0 unspecified atom stereocenters. The molecule has 0 fully saturated rings. The molecule has 4 nitrogen and oxygen atoms in total. The molecule has 5 heteroatoms. The minimum Gasteiger partial charge on any atom is -0.478 e. The van der Waals surface area contributed by atoms with E-state index in [1.54, 1.807) is 24.1 Å². The summed E-state index contributed by atoms with van der Waals surface area (Å²) in [6.07, 6.45) is 1.41. The molecule has 1 aromatic heterocycles. The van der Waals surface area contributed by atoms with E-state index in [1.165, 1.54) is 30.5 Å². The van der Waals surface area contributed by atoms with Gasteiger partial charge in [-0.25, -0.2) is 14.2 Å². The fraction of sp³-hybridized carbons (Fsp3) is 0.0769. The number of aromatic carboxylic acids is 1. The minimum absolute atomic E-state index is 0.142. The molecular formula is C13H11FN2O2. The second-order valence-electron chi connectivity index (χ2n) is 3.75. The Morgan fingerprint density at radius 2 is 2.11 bits per heavy atom. The highest BCUT2D eigenvalue weighted by Crippen LogP contribution is 2.22. The zero-order valence-corrected chi connectivity index (χ0v) is 9.67. The van der Waals surface area contributed by atoms with Gasteiger partial charge in [-0.05, 0) is 30.3 Å². The van der Waals surface area contributed by atoms with Crippen molar-refractivity contribution in [3.8, 4) is 0 Å². The first-order valence-electron chi connectivity index (χ1n) is 5.26. The number of carboxylic acid groups (broad SMARTS) is 1. The molecule has 0 spiro atoms. The van der Waals surface area contributed by atoms with Gasteiger partial charge in [0, 0.05) is 18.9 Å². The first kappa shape index (κ1) is 12.0. The molecule has 0 radical (unpaired) electrons. The van der Waals surface area contributed by atoms with Gasteiger partial charge in [-0.2, -0.15) is 0 Å². The minimum atomic E-state index is -1.02. The molecule has 18 heavy (non-hydrogen) atoms. The SMILES string of the molecule is CN(c1cccc(F)c1)c1cc(C(=O)O)ccn1. The third-order valence-corrected chi connectivity index (χ3v) is 2.53. The topological polar surface area (TPSA) is 53.4 Å². The number of anilines is 2. The second-order valence-corrected chi connectivity index (χ2v) is 3.75. The largest absolute Gasteiger partial charge is 0.478 e. The Kier molecular flexibility index (Phi) is 3.23. The molecule has 0 bridgehead atoms. The van der Waals surface area contributed by atoms with E-state index >= 15 is 0 Å². The molecule has 0 atom stereocenters. The second kappa shape index (κ2) is 4.83. The van der Waals surface area contributed by atoms with E-state index in [2.05, 4.69) is 4.98 Å². The van der Waals surface area contributed by atoms with Crippen LogP contribution in [0, 0.1) is 5.82 Å². The van der Waals surface area contributed by atoms with Gasteiger partial charge in [-0.3, -0.25) is 0 Å². The number of aromatic nitrogens is 1. The maximum Gasteiger partial charge on any atom is 0.335 e. The third kappa shape index (κ3) is 2.45. The van der Waals surface area contributed by atoms with Crippen LogP contribution in [0.1, 0.15) is 10.4 Å². The number of carbonyl (C=O) groups is 1. The van der Waals surface area contributed by atoms with E-state index in [4.69, 9.17) is 5.11 Å². The first-order chi connectivity index (χ1) is 8.58. The number of nitrogens with zero attached hydrogens (tertiary/aromatic N) is 2. The van der Waals surface area contributed by atoms with Crippen LogP contribution in [0.5, 0.6) is 0 Å². The molecule has 1 heterocycles. The van der Waals surface area contributed by atoms with Gasteiger partial charge in [-0.1, -0.05) is 6.07 Å². The summed E-state index contributed by atoms with van der Waals surface area (Å²) in [4.78, 5) is 16.5. The predicted molar refractivity (Wildman–Crippen MR) is 65.7 cm³/mol. The maximum absolute atomic E-state index is 13.1. The number of rotatable bonds is 3. The Bertz CT molecular complexity index is 587. The fourth-order valence-corrected chi connectivity index (χ4v) is 1.55. The molecule has 0 aliphatic heterocycles. The number of hydrogen-bond donors (Lipinski definition) is 1. The number of pyridine rings is 1. The van der Waals surface area contributed by atoms with Crippen molar-refractivity contribution in [1.29, 1.82) is 0 Å². The van der Waals surface area contributed by atoms with E-state index in [0.717, 1.165) is 0 Å². The van der Waals surface area contributed by atoms with Crippen LogP contribution < -0.4 is 4.90 Å². The van der Waals surface area contributed by atoms with Crippen LogP contribution in [0.4, 0.5) is 15.9 Å². The molecule has 0 aliphatic rings. The van der Waals surface area contributed by atoms with Crippen molar-refractivity contribution in [2.45, 2.75) is 0 Å². The summed E-state index contributed by atoms with van der Waals surface area (Å²) in [6.45, 7) is 0. The summed E-state index contributed by atoms with van der Waals surface area (Å²) in [7, 11) is 1.70. The lowest BCUT2D eigenvalue weighted by atomic mass is 10.2. The molecule has 0 saturated heterocycles. The average molecular weight is 246 g/mol. The van der Waals surface area contributed by atoms with Crippen LogP contribution in [0.3, 0.4) is 0 Å². The first-order valence-corrected chi connectivity index (χ1v) is 5.26. The van der Waals surface area contributed by atoms with E-state index in [1.807, 2.05) is 0 Å². The highest BCUT2D eigenvalue weighted by molar-refractivity contribution is 5.88. The smallest absolute Gasteiger partial charge is 0.335 e. The van der Waals surface area contributed by atoms with E-state index in [0.29, 0.717) is 11.5 Å². The third-order valence-electron chi connectivity index (χ3n) is 2.53. The Hall–Kier alpha value is -2.43. The number of benzene rings is 1. The summed E-state index contributed by atoms with van der Waals surface area (Å²) in [5.74, 6) is -0.930. The molecule has 0 aliphatic carbocycles. The van der Waals surface area contributed by atoms with Crippen LogP contribution in [-0.4, -0.2) is 23.1 Å². The highest BCUT2D eigenvalue weighted by Gasteiger charge is 2.09. The maximum atomic E-state index is 13.1. The van der Waals surface area contributed by atoms with E-state index in [9.17, 15) is 9.18 Å². The normalized spacial score (nSPS) is 10.1. The quantitative estimate of drug-likeness (QED) is 0.904. The van der Waals surface area contributed by atoms with Crippen molar-refractivity contribution in [3.05, 3.63) is 54.0 Å². The van der Waals surface area contributed by atoms with Crippen LogP contribution in [0.25, 0.3) is 0 Å². The molecule has 2 aromatic rings. The predicted octanol–water partition coefficient (Wildman–Crippen LogP) is 2.69. The van der Waals surface area contributed by atoms with Gasteiger partial charge in [0.25, 0.3) is 0 Å². The molecule has 92 valence electrons. The average Bonchev–Trinajstić information content (AvgIpc) is 2.38. The summed E-state index contributed by atoms with van der Waals surface area (Å²) >= 11 is 0. The Balaban J connectivity index is 2.36. The molecule has 1 N–H and O–H groups in total. The Morgan fingerprint density at radius 1 is 1.33 bits per heavy atom. The van der Waals surface area contributed by atoms with Crippen molar-refractivity contribution >= 4 is 17.5 Å². The highest BCUT2D eigenvalue weighted by atomic mass is 19.1. The molecule has 0 amide bonds. The van der Waals surface area contributed by atoms with Gasteiger partial charge in [0.2, 0.25) is 0 Å². The van der Waals surface area contributed by atoms with Crippen molar-refractivity contribution < 1.29 is 14.3 Å². The molecule has 2 rings (SSSR count). The number of carboxylic acids is 1. The summed E-state index contributed by atoms with van der Waals surface area (Å²) < 4.78 is 13.1. The van der Waals surface area contributed by atoms with Gasteiger partial charge >= 0.3 is 5.97 Å². The van der Waals surface area contributed by atoms with Crippen molar-refractivity contribution in [2.75, 3.05) is 11.9 Å². The Morgan fingerprint density at radius 3 is 2.78 bits per heavy atom. The lowest BCUT2D eigenvalue weighted by Crippen LogP contribution is -2.12. The zero-order chi connectivity index (χ0) is 13.1. The Labute approximate surface area is 103 Å². The molecule has 0 saturated carbocycles. The van der Waals surface area contributed by atoms with Crippen molar-refractivity contribution in [2.24, 2.45) is 0 Å². The molecular weight excluding hydrogens is 235 g/mol. The lowest BCUT2D eigenvalue weighted by molar-refractivity contribution is 0.0697. The number of hydrogen-bond acceptors (Lipinski definition) is 3. The van der Waals surface area contributed by atoms with Gasteiger partial charge < -0.3 is 10.0 Å². The zero-order valence-electron chi connectivity index (χ0n) is 9.67. The van der Waals surface area contributed by atoms with Crippen LogP contribution in [0.15, 0.2) is 42.6 Å². The monoisotopic (exact) mass is 246 g/mol. The van der Waals surface area contributed by atoms with Crippen LogP contribution in [-0.2, 0) is 0 Å². The van der Waals surface area contributed by atoms with Crippen molar-refractivity contribution in [1.82, 2.24) is 4.98 Å². The van der Waals surface area contributed by atoms with Gasteiger partial charge in [0.15, 0.2) is 0 Å². The van der Waals surface area contributed by atoms with Gasteiger partial charge in [0.05, 0.1) is 5.56 Å². The van der Waals surface area contributed by atoms with Crippen LogP contribution >= 0.6 is 0 Å². The standard InChI is InChI=1S/C13H11FN2O2/c1-16(11-4-2-3-10(14)8-11)12-7-9(13(17)18)5-6-15-12/h2-8H,1H3,(H,17,18). The lowest BCUT2D eigenvalue weighted by Gasteiger charge is -2.18. The van der Waals surface area contributed by atoms with E-state index < -0.39 is 5.97 Å². The van der Waals surface area contributed by atoms with Crippen molar-refractivity contribution in [3.63, 3.8) is 0 Å². The molecule has 1 aromatic carbocycles. The summed E-state index contributed by atoms with van der Waals surface area (Å²) in [5.41, 5.74) is 0.744. The summed E-state index contributed by atoms with van der Waals surface area (Å²) in [6, 6.07) is 8.85. The summed E-state index contributed by atoms with van der Waals surface area (Å²) in [5, 5.41) is 8.90. The number of halogens is 1. The van der Waals surface area contributed by atoms with Gasteiger partial charge in [-0.15, -0.1) is 0 Å². The fourth-order valence-electron chi connectivity index (χ4n) is 1.55. The van der Waals surface area contributed by atoms with Crippen LogP contribution in [0.2, 0.25) is 0 Å².